The zero-order valence-electron chi connectivity index (χ0n) is 11.3. The molecule has 2 N–H and O–H groups in total. The first-order valence-electron chi connectivity index (χ1n) is 6.20. The van der Waals surface area contributed by atoms with Crippen molar-refractivity contribution in [2.24, 2.45) is 0 Å². The predicted molar refractivity (Wildman–Crippen MR) is 68.2 cm³/mol. The fraction of sp³-hybridized carbons (Fsp3) is 0.462. The average molecular weight is 307 g/mol. The van der Waals surface area contributed by atoms with Crippen LogP contribution in [0.1, 0.15) is 6.92 Å². The number of halogens is 3. The molecule has 0 aromatic heterocycles. The highest BCUT2D eigenvalue weighted by molar-refractivity contribution is 5.77. The van der Waals surface area contributed by atoms with Crippen LogP contribution >= 0.6 is 0 Å². The van der Waals surface area contributed by atoms with Crippen LogP contribution in [0.4, 0.5) is 13.2 Å². The molecule has 0 fully saturated rings. The number of aliphatic hydroxyl groups is 1. The molecule has 21 heavy (non-hydrogen) atoms. The molecule has 0 radical (unpaired) electrons. The van der Waals surface area contributed by atoms with Gasteiger partial charge < -0.3 is 19.9 Å². The lowest BCUT2D eigenvalue weighted by molar-refractivity contribution is -0.201. The van der Waals surface area contributed by atoms with E-state index < -0.39 is 31.3 Å². The monoisotopic (exact) mass is 307 g/mol. The lowest BCUT2D eigenvalue weighted by atomic mass is 10.3. The van der Waals surface area contributed by atoms with Crippen LogP contribution in [0.25, 0.3) is 0 Å². The number of hydrogen-bond acceptors (Lipinski definition) is 4. The van der Waals surface area contributed by atoms with E-state index in [2.05, 4.69) is 0 Å². The van der Waals surface area contributed by atoms with Gasteiger partial charge in [-0.05, 0) is 19.1 Å². The second-order valence-electron chi connectivity index (χ2n) is 4.03. The van der Waals surface area contributed by atoms with Gasteiger partial charge in [0.15, 0.2) is 24.2 Å². The molecular formula is C13H16F3NO4. The normalized spacial score (nSPS) is 12.6. The van der Waals surface area contributed by atoms with Crippen molar-refractivity contribution in [3.05, 3.63) is 24.3 Å². The molecule has 1 aromatic carbocycles. The first-order valence-corrected chi connectivity index (χ1v) is 6.20. The van der Waals surface area contributed by atoms with Crippen molar-refractivity contribution in [1.29, 1.82) is 0 Å². The number of ether oxygens (including phenoxy) is 2. The first-order chi connectivity index (χ1) is 9.84. The highest BCUT2D eigenvalue weighted by Crippen LogP contribution is 2.26. The Morgan fingerprint density at radius 2 is 1.86 bits per heavy atom. The van der Waals surface area contributed by atoms with Gasteiger partial charge in [0, 0.05) is 0 Å². The number of nitrogens with one attached hydrogen (secondary N) is 1. The van der Waals surface area contributed by atoms with Crippen molar-refractivity contribution in [2.45, 2.75) is 19.2 Å². The quantitative estimate of drug-likeness (QED) is 0.801. The summed E-state index contributed by atoms with van der Waals surface area (Å²) in [4.78, 5) is 11.4. The molecule has 8 heteroatoms. The lowest BCUT2D eigenvalue weighted by Crippen LogP contribution is -2.42. The van der Waals surface area contributed by atoms with E-state index >= 15 is 0 Å². The summed E-state index contributed by atoms with van der Waals surface area (Å²) in [6.07, 6.45) is -7.37. The summed E-state index contributed by atoms with van der Waals surface area (Å²) < 4.78 is 46.6. The van der Waals surface area contributed by atoms with Crippen molar-refractivity contribution >= 4 is 5.91 Å². The minimum absolute atomic E-state index is 0.311. The Labute approximate surface area is 119 Å². The van der Waals surface area contributed by atoms with E-state index in [9.17, 15) is 18.0 Å². The molecule has 1 amide bonds. The molecule has 0 bridgehead atoms. The molecular weight excluding hydrogens is 291 g/mol. The van der Waals surface area contributed by atoms with E-state index in [-0.39, 0.29) is 0 Å². The largest absolute Gasteiger partial charge is 0.490 e. The topological polar surface area (TPSA) is 67.8 Å². The zero-order valence-corrected chi connectivity index (χ0v) is 11.3. The molecule has 5 nitrogen and oxygen atoms in total. The molecule has 1 aromatic rings. The van der Waals surface area contributed by atoms with Gasteiger partial charge >= 0.3 is 6.18 Å². The summed E-state index contributed by atoms with van der Waals surface area (Å²) in [5.41, 5.74) is 0. The maximum Gasteiger partial charge on any atom is 0.416 e. The highest BCUT2D eigenvalue weighted by Gasteiger charge is 2.38. The smallest absolute Gasteiger partial charge is 0.416 e. The number of benzene rings is 1. The van der Waals surface area contributed by atoms with Crippen LogP contribution in [0.15, 0.2) is 24.3 Å². The Morgan fingerprint density at radius 3 is 2.38 bits per heavy atom. The minimum Gasteiger partial charge on any atom is -0.490 e. The first kappa shape index (κ1) is 17.1. The lowest BCUT2D eigenvalue weighted by Gasteiger charge is -2.15. The van der Waals surface area contributed by atoms with E-state index in [0.717, 1.165) is 0 Å². The Morgan fingerprint density at radius 1 is 1.29 bits per heavy atom. The summed E-state index contributed by atoms with van der Waals surface area (Å²) in [6.45, 7) is 0.791. The molecule has 0 aliphatic rings. The fourth-order valence-electron chi connectivity index (χ4n) is 1.36. The second-order valence-corrected chi connectivity index (χ2v) is 4.03. The Bertz CT molecular complexity index is 465. The van der Waals surface area contributed by atoms with Crippen LogP contribution in [0.2, 0.25) is 0 Å². The average Bonchev–Trinajstić information content (AvgIpc) is 2.43. The van der Waals surface area contributed by atoms with Gasteiger partial charge in [-0.25, -0.2) is 0 Å². The summed E-state index contributed by atoms with van der Waals surface area (Å²) in [7, 11) is 0. The third-order valence-corrected chi connectivity index (χ3v) is 2.38. The van der Waals surface area contributed by atoms with Crippen molar-refractivity contribution in [1.82, 2.24) is 5.32 Å². The fourth-order valence-corrected chi connectivity index (χ4v) is 1.36. The van der Waals surface area contributed by atoms with Crippen LogP contribution < -0.4 is 14.8 Å². The molecule has 0 heterocycles. The SMILES string of the molecule is CCOc1ccccc1OCC(=O)NCC(O)C(F)(F)F. The molecule has 1 unspecified atom stereocenters. The van der Waals surface area contributed by atoms with Crippen molar-refractivity contribution in [3.63, 3.8) is 0 Å². The summed E-state index contributed by atoms with van der Waals surface area (Å²) in [6, 6.07) is 6.60. The van der Waals surface area contributed by atoms with Gasteiger partial charge in [0.2, 0.25) is 0 Å². The molecule has 0 aliphatic heterocycles. The predicted octanol–water partition coefficient (Wildman–Crippen LogP) is 1.50. The number of para-hydroxylation sites is 2. The van der Waals surface area contributed by atoms with Gasteiger partial charge in [-0.1, -0.05) is 12.1 Å². The van der Waals surface area contributed by atoms with E-state index in [1.54, 1.807) is 31.2 Å². The molecule has 1 atom stereocenters. The maximum atomic E-state index is 12.0. The van der Waals surface area contributed by atoms with Crippen LogP contribution in [0, 0.1) is 0 Å². The van der Waals surface area contributed by atoms with E-state index in [0.29, 0.717) is 18.1 Å². The number of hydrogen-bond donors (Lipinski definition) is 2. The third-order valence-electron chi connectivity index (χ3n) is 2.38. The number of carbonyl (C=O) groups is 1. The maximum absolute atomic E-state index is 12.0. The van der Waals surface area contributed by atoms with Gasteiger partial charge in [0.25, 0.3) is 5.91 Å². The molecule has 0 saturated heterocycles. The van der Waals surface area contributed by atoms with Crippen LogP contribution in [0.3, 0.4) is 0 Å². The molecule has 0 saturated carbocycles. The second kappa shape index (κ2) is 7.72. The van der Waals surface area contributed by atoms with E-state index in [4.69, 9.17) is 14.6 Å². The van der Waals surface area contributed by atoms with Gasteiger partial charge in [0.1, 0.15) is 0 Å². The number of amides is 1. The molecule has 0 spiro atoms. The van der Waals surface area contributed by atoms with E-state index in [1.807, 2.05) is 5.32 Å². The third kappa shape index (κ3) is 5.90. The minimum atomic E-state index is -4.77. The number of carbonyl (C=O) groups excluding carboxylic acids is 1. The van der Waals surface area contributed by atoms with Gasteiger partial charge in [-0.2, -0.15) is 13.2 Å². The number of alkyl halides is 3. The summed E-state index contributed by atoms with van der Waals surface area (Å²) in [5.74, 6) is -0.0291. The standard InChI is InChI=1S/C13H16F3NO4/c1-2-20-9-5-3-4-6-10(9)21-8-12(19)17-7-11(18)13(14,15)16/h3-6,11,18H,2,7-8H2,1H3,(H,17,19). The number of aliphatic hydroxyl groups excluding tert-OH is 1. The van der Waals surface area contributed by atoms with Crippen LogP contribution in [0.5, 0.6) is 11.5 Å². The van der Waals surface area contributed by atoms with Crippen LogP contribution in [-0.2, 0) is 4.79 Å². The Kier molecular flexibility index (Phi) is 6.29. The van der Waals surface area contributed by atoms with Crippen LogP contribution in [-0.4, -0.2) is 43.1 Å². The van der Waals surface area contributed by atoms with Gasteiger partial charge in [0.05, 0.1) is 13.2 Å². The van der Waals surface area contributed by atoms with Crippen molar-refractivity contribution in [2.75, 3.05) is 19.8 Å². The van der Waals surface area contributed by atoms with Gasteiger partial charge in [-0.15, -0.1) is 0 Å². The summed E-state index contributed by atoms with van der Waals surface area (Å²) in [5, 5.41) is 10.7. The Hall–Kier alpha value is -1.96. The molecule has 0 aliphatic carbocycles. The molecule has 118 valence electrons. The van der Waals surface area contributed by atoms with Crippen molar-refractivity contribution in [3.8, 4) is 11.5 Å². The number of rotatable bonds is 7. The highest BCUT2D eigenvalue weighted by atomic mass is 19.4. The van der Waals surface area contributed by atoms with Gasteiger partial charge in [-0.3, -0.25) is 4.79 Å². The van der Waals surface area contributed by atoms with E-state index in [1.165, 1.54) is 0 Å². The molecule has 1 rings (SSSR count). The Balaban J connectivity index is 2.43. The zero-order chi connectivity index (χ0) is 15.9. The van der Waals surface area contributed by atoms with Crippen molar-refractivity contribution < 1.29 is 32.5 Å². The summed E-state index contributed by atoms with van der Waals surface area (Å²) >= 11 is 0.